The highest BCUT2D eigenvalue weighted by molar-refractivity contribution is 7.99. The number of rotatable bonds is 5. The molecule has 0 aromatic heterocycles. The van der Waals surface area contributed by atoms with E-state index in [0.717, 1.165) is 0 Å². The van der Waals surface area contributed by atoms with Crippen LogP contribution in [-0.4, -0.2) is 18.2 Å². The molecule has 0 atom stereocenters. The molecule has 0 saturated heterocycles. The van der Waals surface area contributed by atoms with Crippen molar-refractivity contribution in [3.8, 4) is 0 Å². The zero-order chi connectivity index (χ0) is 15.5. The summed E-state index contributed by atoms with van der Waals surface area (Å²) in [4.78, 5) is 11.0. The molecule has 0 aliphatic heterocycles. The zero-order valence-electron chi connectivity index (χ0n) is 11.3. The molecule has 112 valence electrons. The molecule has 1 aromatic carbocycles. The van der Waals surface area contributed by atoms with E-state index in [-0.39, 0.29) is 17.7 Å². The fourth-order valence-corrected chi connectivity index (χ4v) is 2.48. The van der Waals surface area contributed by atoms with Gasteiger partial charge in [0.25, 0.3) is 0 Å². The number of carbonyl (C=O) groups is 1. The maximum atomic E-state index is 13.5. The minimum atomic E-state index is -1.46. The summed E-state index contributed by atoms with van der Waals surface area (Å²) >= 11 is 0.572. The van der Waals surface area contributed by atoms with Gasteiger partial charge in [0.05, 0.1) is 10.3 Å². The second-order valence-corrected chi connectivity index (χ2v) is 5.81. The molecule has 1 N–H and O–H groups in total. The Kier molecular flexibility index (Phi) is 5.44. The third kappa shape index (κ3) is 3.65. The SMILES string of the molecule is CCNC(=O)C(C)(C)CSc1c(F)c(F)cc(F)c1F. The second kappa shape index (κ2) is 6.47. The van der Waals surface area contributed by atoms with Crippen molar-refractivity contribution in [1.29, 1.82) is 0 Å². The van der Waals surface area contributed by atoms with Crippen LogP contribution in [0, 0.1) is 28.7 Å². The Hall–Kier alpha value is -1.24. The van der Waals surface area contributed by atoms with Gasteiger partial charge in [-0.15, -0.1) is 11.8 Å². The van der Waals surface area contributed by atoms with Crippen LogP contribution in [0.15, 0.2) is 11.0 Å². The number of halogens is 4. The minimum Gasteiger partial charge on any atom is -0.356 e. The Labute approximate surface area is 118 Å². The highest BCUT2D eigenvalue weighted by Crippen LogP contribution is 2.33. The lowest BCUT2D eigenvalue weighted by Gasteiger charge is -2.23. The van der Waals surface area contributed by atoms with Crippen molar-refractivity contribution in [3.63, 3.8) is 0 Å². The lowest BCUT2D eigenvalue weighted by atomic mass is 9.95. The first-order valence-electron chi connectivity index (χ1n) is 5.94. The van der Waals surface area contributed by atoms with Crippen molar-refractivity contribution >= 4 is 17.7 Å². The predicted octanol–water partition coefficient (Wildman–Crippen LogP) is 3.50. The van der Waals surface area contributed by atoms with E-state index in [4.69, 9.17) is 0 Å². The van der Waals surface area contributed by atoms with Gasteiger partial charge in [-0.2, -0.15) is 0 Å². The van der Waals surface area contributed by atoms with Crippen LogP contribution in [0.5, 0.6) is 0 Å². The standard InChI is InChI=1S/C13H15F4NOS/c1-4-18-12(19)13(2,3)6-20-11-9(16)7(14)5-8(15)10(11)17/h5H,4,6H2,1-3H3,(H,18,19). The van der Waals surface area contributed by atoms with E-state index in [9.17, 15) is 22.4 Å². The van der Waals surface area contributed by atoms with Crippen molar-refractivity contribution in [2.75, 3.05) is 12.3 Å². The second-order valence-electron chi connectivity index (χ2n) is 4.83. The average molecular weight is 309 g/mol. The van der Waals surface area contributed by atoms with Gasteiger partial charge in [-0.25, -0.2) is 17.6 Å². The molecule has 0 aliphatic carbocycles. The van der Waals surface area contributed by atoms with Gasteiger partial charge in [0, 0.05) is 18.4 Å². The molecule has 2 nitrogen and oxygen atoms in total. The number of nitrogens with one attached hydrogen (secondary N) is 1. The molecule has 1 amide bonds. The quantitative estimate of drug-likeness (QED) is 0.512. The number of thioether (sulfide) groups is 1. The van der Waals surface area contributed by atoms with Crippen molar-refractivity contribution < 1.29 is 22.4 Å². The van der Waals surface area contributed by atoms with Gasteiger partial charge in [-0.05, 0) is 6.92 Å². The van der Waals surface area contributed by atoms with Crippen LogP contribution in [-0.2, 0) is 4.79 Å². The summed E-state index contributed by atoms with van der Waals surface area (Å²) in [5.41, 5.74) is -0.928. The molecule has 0 bridgehead atoms. The summed E-state index contributed by atoms with van der Waals surface area (Å²) < 4.78 is 53.0. The van der Waals surface area contributed by atoms with Gasteiger partial charge in [0.1, 0.15) is 0 Å². The number of benzene rings is 1. The van der Waals surface area contributed by atoms with Crippen molar-refractivity contribution in [1.82, 2.24) is 5.32 Å². The zero-order valence-corrected chi connectivity index (χ0v) is 12.1. The Morgan fingerprint density at radius 1 is 1.20 bits per heavy atom. The van der Waals surface area contributed by atoms with E-state index in [2.05, 4.69) is 5.32 Å². The molecule has 0 heterocycles. The average Bonchev–Trinajstić information content (AvgIpc) is 2.36. The van der Waals surface area contributed by atoms with E-state index < -0.39 is 33.6 Å². The van der Waals surface area contributed by atoms with E-state index >= 15 is 0 Å². The van der Waals surface area contributed by atoms with Crippen LogP contribution in [0.25, 0.3) is 0 Å². The first-order valence-corrected chi connectivity index (χ1v) is 6.93. The third-order valence-corrected chi connectivity index (χ3v) is 4.11. The summed E-state index contributed by atoms with van der Waals surface area (Å²) in [6, 6.07) is 0.156. The van der Waals surface area contributed by atoms with E-state index in [1.807, 2.05) is 0 Å². The third-order valence-electron chi connectivity index (χ3n) is 2.60. The Morgan fingerprint density at radius 2 is 1.70 bits per heavy atom. The van der Waals surface area contributed by atoms with Gasteiger partial charge in [0.15, 0.2) is 23.3 Å². The van der Waals surface area contributed by atoms with E-state index in [1.165, 1.54) is 0 Å². The van der Waals surface area contributed by atoms with Gasteiger partial charge in [-0.3, -0.25) is 4.79 Å². The fraction of sp³-hybridized carbons (Fsp3) is 0.462. The molecule has 20 heavy (non-hydrogen) atoms. The van der Waals surface area contributed by atoms with E-state index in [0.29, 0.717) is 18.3 Å². The maximum absolute atomic E-state index is 13.5. The van der Waals surface area contributed by atoms with Crippen LogP contribution in [0.2, 0.25) is 0 Å². The highest BCUT2D eigenvalue weighted by Gasteiger charge is 2.29. The van der Waals surface area contributed by atoms with Gasteiger partial charge < -0.3 is 5.32 Å². The van der Waals surface area contributed by atoms with Crippen LogP contribution in [0.3, 0.4) is 0 Å². The largest absolute Gasteiger partial charge is 0.356 e. The van der Waals surface area contributed by atoms with Crippen LogP contribution in [0.1, 0.15) is 20.8 Å². The molecule has 0 unspecified atom stereocenters. The summed E-state index contributed by atoms with van der Waals surface area (Å²) in [6.07, 6.45) is 0. The Bertz CT molecular complexity index is 493. The Balaban J connectivity index is 2.93. The summed E-state index contributed by atoms with van der Waals surface area (Å²) in [6.45, 7) is 5.32. The maximum Gasteiger partial charge on any atom is 0.226 e. The molecule has 1 aromatic rings. The molecule has 7 heteroatoms. The first kappa shape index (κ1) is 16.8. The predicted molar refractivity (Wildman–Crippen MR) is 69.5 cm³/mol. The molecular weight excluding hydrogens is 294 g/mol. The lowest BCUT2D eigenvalue weighted by molar-refractivity contribution is -0.128. The van der Waals surface area contributed by atoms with Gasteiger partial charge in [-0.1, -0.05) is 13.8 Å². The monoisotopic (exact) mass is 309 g/mol. The molecule has 0 saturated carbocycles. The lowest BCUT2D eigenvalue weighted by Crippen LogP contribution is -2.38. The topological polar surface area (TPSA) is 29.1 Å². The van der Waals surface area contributed by atoms with Crippen molar-refractivity contribution in [2.45, 2.75) is 25.7 Å². The van der Waals surface area contributed by atoms with E-state index in [1.54, 1.807) is 20.8 Å². The molecule has 1 rings (SSSR count). The number of hydrogen-bond acceptors (Lipinski definition) is 2. The number of carbonyl (C=O) groups excluding carboxylic acids is 1. The van der Waals surface area contributed by atoms with Crippen molar-refractivity contribution in [3.05, 3.63) is 29.3 Å². The fourth-order valence-electron chi connectivity index (χ4n) is 1.40. The molecule has 0 aliphatic rings. The summed E-state index contributed by atoms with van der Waals surface area (Å²) in [7, 11) is 0. The summed E-state index contributed by atoms with van der Waals surface area (Å²) in [5, 5.41) is 2.59. The smallest absolute Gasteiger partial charge is 0.226 e. The highest BCUT2D eigenvalue weighted by atomic mass is 32.2. The van der Waals surface area contributed by atoms with Crippen molar-refractivity contribution in [2.24, 2.45) is 5.41 Å². The molecular formula is C13H15F4NOS. The van der Waals surface area contributed by atoms with Crippen LogP contribution in [0.4, 0.5) is 17.6 Å². The summed E-state index contributed by atoms with van der Waals surface area (Å²) in [5.74, 6) is -6.12. The minimum absolute atomic E-state index is 0.0183. The van der Waals surface area contributed by atoms with Crippen LogP contribution < -0.4 is 5.32 Å². The Morgan fingerprint density at radius 3 is 2.15 bits per heavy atom. The molecule has 0 radical (unpaired) electrons. The van der Waals surface area contributed by atoms with Crippen LogP contribution >= 0.6 is 11.8 Å². The van der Waals surface area contributed by atoms with Gasteiger partial charge in [0.2, 0.25) is 5.91 Å². The number of hydrogen-bond donors (Lipinski definition) is 1. The first-order chi connectivity index (χ1) is 9.20. The normalized spacial score (nSPS) is 11.6. The number of amides is 1. The molecule has 0 fully saturated rings. The molecule has 0 spiro atoms. The van der Waals surface area contributed by atoms with Gasteiger partial charge >= 0.3 is 0 Å².